The molecule has 1 aliphatic carbocycles. The zero-order valence-electron chi connectivity index (χ0n) is 9.42. The van der Waals surface area contributed by atoms with Crippen molar-refractivity contribution >= 4 is 8.07 Å². The van der Waals surface area contributed by atoms with E-state index in [0.717, 1.165) is 12.0 Å². The first kappa shape index (κ1) is 10.7. The summed E-state index contributed by atoms with van der Waals surface area (Å²) < 4.78 is 13.1. The largest absolute Gasteiger partial charge is 0.508 e. The van der Waals surface area contributed by atoms with Gasteiger partial charge in [0.15, 0.2) is 0 Å². The Morgan fingerprint density at radius 3 is 2.53 bits per heavy atom. The van der Waals surface area contributed by atoms with Gasteiger partial charge in [-0.3, -0.25) is 0 Å². The second kappa shape index (κ2) is 3.34. The summed E-state index contributed by atoms with van der Waals surface area (Å²) in [5, 5.41) is 9.68. The summed E-state index contributed by atoms with van der Waals surface area (Å²) in [6.07, 6.45) is 1.12. The van der Waals surface area contributed by atoms with Crippen LogP contribution in [0.25, 0.3) is 0 Å². The van der Waals surface area contributed by atoms with Crippen molar-refractivity contribution in [2.24, 2.45) is 0 Å². The van der Waals surface area contributed by atoms with E-state index in [2.05, 4.69) is 19.6 Å². The molecule has 0 unspecified atom stereocenters. The molecular formula is C12H17FOSi. The highest BCUT2D eigenvalue weighted by molar-refractivity contribution is 6.78. The van der Waals surface area contributed by atoms with Crippen LogP contribution in [0.5, 0.6) is 5.75 Å². The van der Waals surface area contributed by atoms with Crippen molar-refractivity contribution < 1.29 is 9.50 Å². The van der Waals surface area contributed by atoms with Crippen LogP contribution in [0.15, 0.2) is 18.2 Å². The average Bonchev–Trinajstić information content (AvgIpc) is 2.87. The van der Waals surface area contributed by atoms with Crippen molar-refractivity contribution in [1.29, 1.82) is 0 Å². The van der Waals surface area contributed by atoms with Crippen molar-refractivity contribution in [2.45, 2.75) is 37.5 Å². The standard InChI is InChI=1S/C12H17FOSi/c1-15(2,3)12-7-10(12)9-6-8(13)4-5-11(9)14/h4-6,10,12,14H,7H2,1-3H3/t10-,12+/m0/s1. The first-order valence-corrected chi connectivity index (χ1v) is 8.96. The lowest BCUT2D eigenvalue weighted by molar-refractivity contribution is 0.465. The molecule has 2 atom stereocenters. The Kier molecular flexibility index (Phi) is 2.38. The number of phenols is 1. The Hall–Kier alpha value is -0.833. The van der Waals surface area contributed by atoms with Gasteiger partial charge in [-0.25, -0.2) is 4.39 Å². The van der Waals surface area contributed by atoms with Gasteiger partial charge in [0.1, 0.15) is 11.6 Å². The highest BCUT2D eigenvalue weighted by Gasteiger charge is 2.47. The number of aromatic hydroxyl groups is 1. The second-order valence-corrected chi connectivity index (χ2v) is 11.0. The van der Waals surface area contributed by atoms with Crippen LogP contribution < -0.4 is 0 Å². The van der Waals surface area contributed by atoms with Gasteiger partial charge >= 0.3 is 0 Å². The van der Waals surface area contributed by atoms with Gasteiger partial charge in [-0.2, -0.15) is 0 Å². The summed E-state index contributed by atoms with van der Waals surface area (Å²) in [6, 6.07) is 4.26. The smallest absolute Gasteiger partial charge is 0.123 e. The molecule has 0 aliphatic heterocycles. The van der Waals surface area contributed by atoms with E-state index in [-0.39, 0.29) is 11.6 Å². The Morgan fingerprint density at radius 2 is 2.00 bits per heavy atom. The molecule has 0 amide bonds. The van der Waals surface area contributed by atoms with Crippen LogP contribution in [0.1, 0.15) is 17.9 Å². The Bertz CT molecular complexity index is 384. The predicted octanol–water partition coefficient (Wildman–Crippen LogP) is 3.73. The van der Waals surface area contributed by atoms with Gasteiger partial charge in [0, 0.05) is 8.07 Å². The zero-order chi connectivity index (χ0) is 11.2. The summed E-state index contributed by atoms with van der Waals surface area (Å²) in [5.41, 5.74) is 1.51. The third-order valence-electron chi connectivity index (χ3n) is 3.29. The molecule has 0 saturated heterocycles. The number of hydrogen-bond donors (Lipinski definition) is 1. The van der Waals surface area contributed by atoms with Gasteiger partial charge in [-0.1, -0.05) is 19.6 Å². The van der Waals surface area contributed by atoms with Crippen LogP contribution in [-0.4, -0.2) is 13.2 Å². The van der Waals surface area contributed by atoms with E-state index in [0.29, 0.717) is 11.5 Å². The van der Waals surface area contributed by atoms with E-state index in [4.69, 9.17) is 0 Å². The van der Waals surface area contributed by atoms with Gasteiger partial charge in [0.25, 0.3) is 0 Å². The van der Waals surface area contributed by atoms with Crippen LogP contribution in [0.4, 0.5) is 4.39 Å². The first-order valence-electron chi connectivity index (χ1n) is 5.38. The van der Waals surface area contributed by atoms with Crippen molar-refractivity contribution in [1.82, 2.24) is 0 Å². The molecule has 1 aliphatic rings. The molecule has 82 valence electrons. The molecule has 3 heteroatoms. The number of halogens is 1. The summed E-state index contributed by atoms with van der Waals surface area (Å²) >= 11 is 0. The number of hydrogen-bond acceptors (Lipinski definition) is 1. The molecule has 0 spiro atoms. The molecular weight excluding hydrogens is 207 g/mol. The highest BCUT2D eigenvalue weighted by atomic mass is 28.3. The quantitative estimate of drug-likeness (QED) is 0.759. The SMILES string of the molecule is C[Si](C)(C)[C@@H]1C[C@H]1c1cc(F)ccc1O. The second-order valence-electron chi connectivity index (χ2n) is 5.52. The maximum absolute atomic E-state index is 13.1. The molecule has 0 aromatic heterocycles. The molecule has 1 N–H and O–H groups in total. The van der Waals surface area contributed by atoms with Crippen molar-refractivity contribution in [3.63, 3.8) is 0 Å². The third-order valence-corrected chi connectivity index (χ3v) is 6.15. The monoisotopic (exact) mass is 224 g/mol. The van der Waals surface area contributed by atoms with Crippen LogP contribution in [-0.2, 0) is 0 Å². The van der Waals surface area contributed by atoms with Crippen molar-refractivity contribution in [3.05, 3.63) is 29.6 Å². The van der Waals surface area contributed by atoms with Crippen molar-refractivity contribution in [2.75, 3.05) is 0 Å². The molecule has 1 saturated carbocycles. The number of rotatable bonds is 2. The molecule has 1 aromatic rings. The predicted molar refractivity (Wildman–Crippen MR) is 62.5 cm³/mol. The first-order chi connectivity index (χ1) is 6.89. The van der Waals surface area contributed by atoms with E-state index in [9.17, 15) is 9.50 Å². The van der Waals surface area contributed by atoms with Crippen molar-refractivity contribution in [3.8, 4) is 5.75 Å². The third kappa shape index (κ3) is 2.07. The average molecular weight is 224 g/mol. The lowest BCUT2D eigenvalue weighted by atomic mass is 10.1. The Labute approximate surface area is 91.0 Å². The summed E-state index contributed by atoms with van der Waals surface area (Å²) in [6.45, 7) is 6.98. The Morgan fingerprint density at radius 1 is 1.33 bits per heavy atom. The fourth-order valence-corrected chi connectivity index (χ4v) is 4.67. The summed E-state index contributed by atoms with van der Waals surface area (Å²) in [5.74, 6) is 0.401. The molecule has 15 heavy (non-hydrogen) atoms. The zero-order valence-corrected chi connectivity index (χ0v) is 10.4. The van der Waals surface area contributed by atoms with E-state index >= 15 is 0 Å². The minimum atomic E-state index is -1.14. The molecule has 0 bridgehead atoms. The van der Waals surface area contributed by atoms with Crippen LogP contribution in [0.3, 0.4) is 0 Å². The summed E-state index contributed by atoms with van der Waals surface area (Å²) in [4.78, 5) is 0. The maximum atomic E-state index is 13.1. The number of phenolic OH excluding ortho intramolecular Hbond substituents is 1. The Balaban J connectivity index is 2.23. The number of benzene rings is 1. The van der Waals surface area contributed by atoms with Gasteiger partial charge in [-0.15, -0.1) is 0 Å². The molecule has 1 nitrogen and oxygen atoms in total. The van der Waals surface area contributed by atoms with E-state index < -0.39 is 8.07 Å². The van der Waals surface area contributed by atoms with Gasteiger partial charge in [0.2, 0.25) is 0 Å². The topological polar surface area (TPSA) is 20.2 Å². The minimum Gasteiger partial charge on any atom is -0.508 e. The molecule has 1 aromatic carbocycles. The molecule has 0 radical (unpaired) electrons. The van der Waals surface area contributed by atoms with E-state index in [1.807, 2.05) is 0 Å². The summed E-state index contributed by atoms with van der Waals surface area (Å²) in [7, 11) is -1.14. The van der Waals surface area contributed by atoms with Gasteiger partial charge < -0.3 is 5.11 Å². The van der Waals surface area contributed by atoms with Gasteiger partial charge in [0.05, 0.1) is 0 Å². The molecule has 0 heterocycles. The lowest BCUT2D eigenvalue weighted by Gasteiger charge is -2.15. The van der Waals surface area contributed by atoms with Crippen LogP contribution in [0, 0.1) is 5.82 Å². The fraction of sp³-hybridized carbons (Fsp3) is 0.500. The lowest BCUT2D eigenvalue weighted by Crippen LogP contribution is -2.20. The molecule has 2 rings (SSSR count). The van der Waals surface area contributed by atoms with Gasteiger partial charge in [-0.05, 0) is 41.6 Å². The van der Waals surface area contributed by atoms with E-state index in [1.54, 1.807) is 0 Å². The van der Waals surface area contributed by atoms with E-state index in [1.165, 1.54) is 18.2 Å². The highest BCUT2D eigenvalue weighted by Crippen LogP contribution is 2.59. The van der Waals surface area contributed by atoms with Crippen LogP contribution >= 0.6 is 0 Å². The maximum Gasteiger partial charge on any atom is 0.123 e. The fourth-order valence-electron chi connectivity index (χ4n) is 2.32. The molecule has 1 fully saturated rings. The normalized spacial score (nSPS) is 25.3. The minimum absolute atomic E-state index is 0.246. The van der Waals surface area contributed by atoms with Crippen LogP contribution in [0.2, 0.25) is 25.2 Å².